The number of hydrogen-bond donors (Lipinski definition) is 0. The van der Waals surface area contributed by atoms with Crippen molar-refractivity contribution in [2.75, 3.05) is 18.4 Å². The van der Waals surface area contributed by atoms with Gasteiger partial charge in [0.05, 0.1) is 0 Å². The molecule has 0 spiro atoms. The molecule has 1 saturated carbocycles. The molecule has 14 heavy (non-hydrogen) atoms. The molecule has 0 radical (unpaired) electrons. The summed E-state index contributed by atoms with van der Waals surface area (Å²) in [5.74, 6) is 0. The van der Waals surface area contributed by atoms with Gasteiger partial charge in [-0.3, -0.25) is 4.90 Å². The highest BCUT2D eigenvalue weighted by Gasteiger charge is 2.27. The van der Waals surface area contributed by atoms with Crippen LogP contribution >= 0.6 is 27.3 Å². The van der Waals surface area contributed by atoms with Crippen molar-refractivity contribution < 1.29 is 0 Å². The van der Waals surface area contributed by atoms with E-state index in [4.69, 9.17) is 0 Å². The quantitative estimate of drug-likeness (QED) is 0.720. The Morgan fingerprint density at radius 2 is 2.29 bits per heavy atom. The molecule has 0 aliphatic heterocycles. The highest BCUT2D eigenvalue weighted by Crippen LogP contribution is 2.27. The normalized spacial score (nSPS) is 16.4. The van der Waals surface area contributed by atoms with Gasteiger partial charge in [-0.25, -0.2) is 0 Å². The standard InChI is InChI=1S/C11H16BrNS/c12-6-8-13(10-3-4-10)7-5-11-2-1-9-14-11/h1-2,9-10H,3-8H2. The first-order valence-corrected chi connectivity index (χ1v) is 7.22. The number of nitrogens with zero attached hydrogens (tertiary/aromatic N) is 1. The summed E-state index contributed by atoms with van der Waals surface area (Å²) in [6, 6.07) is 5.28. The van der Waals surface area contributed by atoms with Gasteiger partial charge in [0.1, 0.15) is 0 Å². The predicted octanol–water partition coefficient (Wildman–Crippen LogP) is 3.15. The molecule has 1 aromatic heterocycles. The second-order valence-corrected chi connectivity index (χ2v) is 5.61. The molecule has 0 aromatic carbocycles. The van der Waals surface area contributed by atoms with Crippen molar-refractivity contribution in [1.82, 2.24) is 4.90 Å². The summed E-state index contributed by atoms with van der Waals surface area (Å²) in [5.41, 5.74) is 0. The molecule has 1 aromatic rings. The van der Waals surface area contributed by atoms with Crippen LogP contribution in [0.4, 0.5) is 0 Å². The summed E-state index contributed by atoms with van der Waals surface area (Å²) in [5, 5.41) is 3.27. The topological polar surface area (TPSA) is 3.24 Å². The molecule has 0 amide bonds. The molecule has 1 nitrogen and oxygen atoms in total. The Balaban J connectivity index is 1.76. The lowest BCUT2D eigenvalue weighted by molar-refractivity contribution is 0.285. The maximum atomic E-state index is 3.53. The molecule has 1 aliphatic carbocycles. The van der Waals surface area contributed by atoms with Crippen LogP contribution in [0.25, 0.3) is 0 Å². The monoisotopic (exact) mass is 273 g/mol. The van der Waals surface area contributed by atoms with Crippen LogP contribution in [0.15, 0.2) is 17.5 Å². The van der Waals surface area contributed by atoms with Crippen molar-refractivity contribution in [3.8, 4) is 0 Å². The van der Waals surface area contributed by atoms with E-state index in [1.165, 1.54) is 37.2 Å². The van der Waals surface area contributed by atoms with E-state index >= 15 is 0 Å². The zero-order valence-electron chi connectivity index (χ0n) is 8.29. The molecule has 0 atom stereocenters. The van der Waals surface area contributed by atoms with Gasteiger partial charge in [-0.15, -0.1) is 11.3 Å². The molecule has 78 valence electrons. The first kappa shape index (κ1) is 10.7. The number of alkyl halides is 1. The lowest BCUT2D eigenvalue weighted by atomic mass is 10.3. The Hall–Kier alpha value is 0.140. The average Bonchev–Trinajstić information content (AvgIpc) is 2.90. The van der Waals surface area contributed by atoms with E-state index in [1.54, 1.807) is 0 Å². The fourth-order valence-electron chi connectivity index (χ4n) is 1.73. The molecule has 0 saturated heterocycles. The minimum Gasteiger partial charge on any atom is -0.299 e. The number of hydrogen-bond acceptors (Lipinski definition) is 2. The third kappa shape index (κ3) is 3.07. The van der Waals surface area contributed by atoms with E-state index in [9.17, 15) is 0 Å². The smallest absolute Gasteiger partial charge is 0.0159 e. The van der Waals surface area contributed by atoms with Crippen molar-refractivity contribution >= 4 is 27.3 Å². The van der Waals surface area contributed by atoms with E-state index in [-0.39, 0.29) is 0 Å². The predicted molar refractivity (Wildman–Crippen MR) is 66.4 cm³/mol. The minimum atomic E-state index is 0.896. The maximum absolute atomic E-state index is 3.53. The first-order chi connectivity index (χ1) is 6.90. The fourth-order valence-corrected chi connectivity index (χ4v) is 2.89. The zero-order valence-corrected chi connectivity index (χ0v) is 10.7. The number of halogens is 1. The second-order valence-electron chi connectivity index (χ2n) is 3.79. The summed E-state index contributed by atoms with van der Waals surface area (Å²) in [6.07, 6.45) is 4.05. The molecule has 1 fully saturated rings. The van der Waals surface area contributed by atoms with Crippen molar-refractivity contribution in [1.29, 1.82) is 0 Å². The fraction of sp³-hybridized carbons (Fsp3) is 0.636. The Kier molecular flexibility index (Phi) is 4.02. The van der Waals surface area contributed by atoms with Gasteiger partial charge >= 0.3 is 0 Å². The third-order valence-corrected chi connectivity index (χ3v) is 3.95. The molecule has 2 rings (SSSR count). The zero-order chi connectivity index (χ0) is 9.80. The molecular weight excluding hydrogens is 258 g/mol. The largest absolute Gasteiger partial charge is 0.299 e. The Bertz CT molecular complexity index is 256. The maximum Gasteiger partial charge on any atom is 0.0159 e. The van der Waals surface area contributed by atoms with E-state index < -0.39 is 0 Å². The molecule has 3 heteroatoms. The third-order valence-electron chi connectivity index (χ3n) is 2.66. The Morgan fingerprint density at radius 1 is 1.43 bits per heavy atom. The van der Waals surface area contributed by atoms with Crippen LogP contribution < -0.4 is 0 Å². The molecule has 0 bridgehead atoms. The Labute approximate surface area is 98.2 Å². The van der Waals surface area contributed by atoms with Crippen LogP contribution in [0, 0.1) is 0 Å². The Morgan fingerprint density at radius 3 is 2.86 bits per heavy atom. The van der Waals surface area contributed by atoms with Gasteiger partial charge in [0, 0.05) is 29.3 Å². The van der Waals surface area contributed by atoms with Crippen molar-refractivity contribution in [3.63, 3.8) is 0 Å². The molecule has 0 unspecified atom stereocenters. The van der Waals surface area contributed by atoms with Gasteiger partial charge in [-0.2, -0.15) is 0 Å². The van der Waals surface area contributed by atoms with Crippen LogP contribution in [-0.2, 0) is 6.42 Å². The highest BCUT2D eigenvalue weighted by atomic mass is 79.9. The molecular formula is C11H16BrNS. The number of rotatable bonds is 6. The minimum absolute atomic E-state index is 0.896. The average molecular weight is 274 g/mol. The molecule has 0 N–H and O–H groups in total. The van der Waals surface area contributed by atoms with Gasteiger partial charge in [-0.1, -0.05) is 22.0 Å². The van der Waals surface area contributed by atoms with Gasteiger partial charge in [-0.05, 0) is 30.7 Å². The lowest BCUT2D eigenvalue weighted by Gasteiger charge is -2.20. The summed E-state index contributed by atoms with van der Waals surface area (Å²) < 4.78 is 0. The van der Waals surface area contributed by atoms with E-state index in [0.29, 0.717) is 0 Å². The SMILES string of the molecule is BrCCN(CCc1cccs1)C1CC1. The molecule has 1 aliphatic rings. The van der Waals surface area contributed by atoms with Crippen molar-refractivity contribution in [3.05, 3.63) is 22.4 Å². The van der Waals surface area contributed by atoms with Crippen LogP contribution in [0.2, 0.25) is 0 Å². The van der Waals surface area contributed by atoms with Gasteiger partial charge in [0.15, 0.2) is 0 Å². The van der Waals surface area contributed by atoms with Crippen molar-refractivity contribution in [2.45, 2.75) is 25.3 Å². The van der Waals surface area contributed by atoms with E-state index in [1.807, 2.05) is 11.3 Å². The van der Waals surface area contributed by atoms with Gasteiger partial charge < -0.3 is 0 Å². The summed E-state index contributed by atoms with van der Waals surface area (Å²) in [4.78, 5) is 4.14. The highest BCUT2D eigenvalue weighted by molar-refractivity contribution is 9.09. The summed E-state index contributed by atoms with van der Waals surface area (Å²) in [7, 11) is 0. The lowest BCUT2D eigenvalue weighted by Crippen LogP contribution is -2.30. The van der Waals surface area contributed by atoms with Gasteiger partial charge in [0.25, 0.3) is 0 Å². The second kappa shape index (κ2) is 5.29. The van der Waals surface area contributed by atoms with E-state index in [2.05, 4.69) is 38.3 Å². The van der Waals surface area contributed by atoms with Crippen LogP contribution in [0.3, 0.4) is 0 Å². The van der Waals surface area contributed by atoms with Gasteiger partial charge in [0.2, 0.25) is 0 Å². The molecule has 1 heterocycles. The van der Waals surface area contributed by atoms with Crippen molar-refractivity contribution in [2.24, 2.45) is 0 Å². The summed E-state index contributed by atoms with van der Waals surface area (Å²) >= 11 is 5.40. The summed E-state index contributed by atoms with van der Waals surface area (Å²) in [6.45, 7) is 2.44. The number of thiophene rings is 1. The van der Waals surface area contributed by atoms with Crippen LogP contribution in [0.1, 0.15) is 17.7 Å². The van der Waals surface area contributed by atoms with Crippen LogP contribution in [-0.4, -0.2) is 29.4 Å². The van der Waals surface area contributed by atoms with Crippen LogP contribution in [0.5, 0.6) is 0 Å². The first-order valence-electron chi connectivity index (χ1n) is 5.22. The van der Waals surface area contributed by atoms with E-state index in [0.717, 1.165) is 11.4 Å².